The number of carbonyl (C=O) groups is 1. The highest BCUT2D eigenvalue weighted by Crippen LogP contribution is 2.36. The predicted octanol–water partition coefficient (Wildman–Crippen LogP) is 5.08. The quantitative estimate of drug-likeness (QED) is 0.508. The average Bonchev–Trinajstić information content (AvgIpc) is 2.85. The second kappa shape index (κ2) is 7.09. The Hall–Kier alpha value is -1.63. The Balaban J connectivity index is 1.78. The molecule has 2 aromatic heterocycles. The molecule has 2 heterocycles. The van der Waals surface area contributed by atoms with Gasteiger partial charge in [0, 0.05) is 21.0 Å². The summed E-state index contributed by atoms with van der Waals surface area (Å²) in [7, 11) is 0. The third kappa shape index (κ3) is 3.55. The highest BCUT2D eigenvalue weighted by molar-refractivity contribution is 8.00. The number of fused-ring (bicyclic) bond motifs is 1. The summed E-state index contributed by atoms with van der Waals surface area (Å²) in [6, 6.07) is 7.07. The van der Waals surface area contributed by atoms with E-state index in [2.05, 4.69) is 29.1 Å². The number of aromatic nitrogens is 2. The molecule has 7 heteroatoms. The molecule has 0 bridgehead atoms. The topological polar surface area (TPSA) is 54.9 Å². The number of rotatable bonds is 4. The van der Waals surface area contributed by atoms with Gasteiger partial charge < -0.3 is 5.32 Å². The second-order valence-corrected chi connectivity index (χ2v) is 8.37. The van der Waals surface area contributed by atoms with E-state index < -0.39 is 0 Å². The highest BCUT2D eigenvalue weighted by Gasteiger charge is 2.19. The number of carbonyl (C=O) groups excluding carboxylic acids is 1. The molecule has 0 aliphatic heterocycles. The first-order valence-electron chi connectivity index (χ1n) is 7.39. The van der Waals surface area contributed by atoms with Crippen LogP contribution in [0.4, 0.5) is 5.69 Å². The minimum atomic E-state index is -0.279. The van der Waals surface area contributed by atoms with Gasteiger partial charge in [0.2, 0.25) is 5.91 Å². The van der Waals surface area contributed by atoms with Crippen LogP contribution in [0, 0.1) is 13.8 Å². The van der Waals surface area contributed by atoms with Crippen molar-refractivity contribution in [3.63, 3.8) is 0 Å². The fourth-order valence-electron chi connectivity index (χ4n) is 2.24. The van der Waals surface area contributed by atoms with Crippen LogP contribution in [-0.2, 0) is 4.79 Å². The number of anilines is 1. The molecule has 1 atom stereocenters. The van der Waals surface area contributed by atoms with Gasteiger partial charge in [0.05, 0.1) is 5.25 Å². The van der Waals surface area contributed by atoms with Gasteiger partial charge in [-0.25, -0.2) is 9.97 Å². The Morgan fingerprint density at radius 2 is 1.96 bits per heavy atom. The number of halogens is 1. The number of nitrogens with zero attached hydrogens (tertiary/aromatic N) is 2. The van der Waals surface area contributed by atoms with Crippen molar-refractivity contribution in [3.8, 4) is 0 Å². The molecule has 0 saturated heterocycles. The van der Waals surface area contributed by atoms with Crippen LogP contribution in [0.3, 0.4) is 0 Å². The molecule has 0 radical (unpaired) electrons. The lowest BCUT2D eigenvalue weighted by molar-refractivity contribution is -0.115. The fraction of sp³-hybridized carbons (Fsp3) is 0.235. The smallest absolute Gasteiger partial charge is 0.237 e. The molecule has 1 N–H and O–H groups in total. The summed E-state index contributed by atoms with van der Waals surface area (Å²) in [4.78, 5) is 23.3. The standard InChI is InChI=1S/C17H16ClN3OS2/c1-9-10(2)23-16-14(9)17(20-8-19-16)24-11(3)15(22)21-13-6-4-12(18)5-7-13/h4-8,11H,1-3H3,(H,21,22)/t11-/m0/s1. The van der Waals surface area contributed by atoms with Crippen molar-refractivity contribution in [2.75, 3.05) is 5.32 Å². The van der Waals surface area contributed by atoms with Crippen molar-refractivity contribution >= 4 is 56.5 Å². The molecule has 0 aliphatic rings. The first kappa shape index (κ1) is 17.2. The van der Waals surface area contributed by atoms with Crippen LogP contribution in [-0.4, -0.2) is 21.1 Å². The number of thiophene rings is 1. The molecule has 24 heavy (non-hydrogen) atoms. The van der Waals surface area contributed by atoms with E-state index in [-0.39, 0.29) is 11.2 Å². The van der Waals surface area contributed by atoms with Crippen LogP contribution < -0.4 is 5.32 Å². The third-order valence-electron chi connectivity index (χ3n) is 3.70. The number of amides is 1. The maximum atomic E-state index is 12.4. The lowest BCUT2D eigenvalue weighted by Crippen LogP contribution is -2.22. The molecule has 0 saturated carbocycles. The maximum absolute atomic E-state index is 12.4. The van der Waals surface area contributed by atoms with Crippen LogP contribution in [0.1, 0.15) is 17.4 Å². The van der Waals surface area contributed by atoms with Gasteiger partial charge in [0.1, 0.15) is 16.2 Å². The molecule has 0 aliphatic carbocycles. The second-order valence-electron chi connectivity index (χ2n) is 5.40. The van der Waals surface area contributed by atoms with Crippen molar-refractivity contribution < 1.29 is 4.79 Å². The summed E-state index contributed by atoms with van der Waals surface area (Å²) in [5.41, 5.74) is 1.91. The SMILES string of the molecule is Cc1sc2ncnc(S[C@@H](C)C(=O)Nc3ccc(Cl)cc3)c2c1C. The van der Waals surface area contributed by atoms with E-state index in [0.29, 0.717) is 5.02 Å². The monoisotopic (exact) mass is 377 g/mol. The number of hydrogen-bond donors (Lipinski definition) is 1. The van der Waals surface area contributed by atoms with Crippen LogP contribution >= 0.6 is 34.7 Å². The Labute approximate surface area is 153 Å². The molecule has 1 amide bonds. The average molecular weight is 378 g/mol. The van der Waals surface area contributed by atoms with Crippen molar-refractivity contribution in [2.24, 2.45) is 0 Å². The Morgan fingerprint density at radius 1 is 1.25 bits per heavy atom. The van der Waals surface area contributed by atoms with Gasteiger partial charge in [-0.15, -0.1) is 11.3 Å². The van der Waals surface area contributed by atoms with Gasteiger partial charge in [0.15, 0.2) is 0 Å². The first-order chi connectivity index (χ1) is 11.5. The predicted molar refractivity (Wildman–Crippen MR) is 102 cm³/mol. The van der Waals surface area contributed by atoms with Crippen LogP contribution in [0.5, 0.6) is 0 Å². The van der Waals surface area contributed by atoms with E-state index in [4.69, 9.17) is 11.6 Å². The summed E-state index contributed by atoms with van der Waals surface area (Å²) in [6.45, 7) is 6.02. The largest absolute Gasteiger partial charge is 0.325 e. The number of thioether (sulfide) groups is 1. The molecular weight excluding hydrogens is 362 g/mol. The van der Waals surface area contributed by atoms with Crippen molar-refractivity contribution in [1.29, 1.82) is 0 Å². The lowest BCUT2D eigenvalue weighted by atomic mass is 10.2. The molecule has 1 aromatic carbocycles. The number of benzene rings is 1. The normalized spacial score (nSPS) is 12.3. The third-order valence-corrected chi connectivity index (χ3v) is 6.17. The maximum Gasteiger partial charge on any atom is 0.237 e. The van der Waals surface area contributed by atoms with Crippen LogP contribution in [0.25, 0.3) is 10.2 Å². The van der Waals surface area contributed by atoms with Gasteiger partial charge in [0.25, 0.3) is 0 Å². The zero-order valence-electron chi connectivity index (χ0n) is 13.5. The Kier molecular flexibility index (Phi) is 5.08. The lowest BCUT2D eigenvalue weighted by Gasteiger charge is -2.12. The summed E-state index contributed by atoms with van der Waals surface area (Å²) in [6.07, 6.45) is 1.56. The summed E-state index contributed by atoms with van der Waals surface area (Å²) >= 11 is 8.96. The van der Waals surface area contributed by atoms with Crippen molar-refractivity contribution in [1.82, 2.24) is 9.97 Å². The Bertz CT molecular complexity index is 893. The van der Waals surface area contributed by atoms with Crippen LogP contribution in [0.2, 0.25) is 5.02 Å². The molecular formula is C17H16ClN3OS2. The molecule has 0 unspecified atom stereocenters. The first-order valence-corrected chi connectivity index (χ1v) is 9.47. The molecule has 4 nitrogen and oxygen atoms in total. The molecule has 3 aromatic rings. The minimum Gasteiger partial charge on any atom is -0.325 e. The van der Waals surface area contributed by atoms with Crippen molar-refractivity contribution in [2.45, 2.75) is 31.0 Å². The van der Waals surface area contributed by atoms with E-state index in [1.54, 1.807) is 41.9 Å². The van der Waals surface area contributed by atoms with E-state index in [9.17, 15) is 4.79 Å². The number of hydrogen-bond acceptors (Lipinski definition) is 5. The van der Waals surface area contributed by atoms with Gasteiger partial charge in [-0.1, -0.05) is 23.4 Å². The fourth-order valence-corrected chi connectivity index (χ4v) is 4.40. The zero-order chi connectivity index (χ0) is 17.3. The molecule has 0 fully saturated rings. The minimum absolute atomic E-state index is 0.0707. The van der Waals surface area contributed by atoms with Gasteiger partial charge >= 0.3 is 0 Å². The summed E-state index contributed by atoms with van der Waals surface area (Å²) in [5, 5.41) is 5.16. The van der Waals surface area contributed by atoms with E-state index >= 15 is 0 Å². The van der Waals surface area contributed by atoms with Crippen LogP contribution in [0.15, 0.2) is 35.6 Å². The zero-order valence-corrected chi connectivity index (χ0v) is 15.9. The highest BCUT2D eigenvalue weighted by atomic mass is 35.5. The number of nitrogens with one attached hydrogen (secondary N) is 1. The van der Waals surface area contributed by atoms with Gasteiger partial charge in [-0.3, -0.25) is 4.79 Å². The molecule has 124 valence electrons. The van der Waals surface area contributed by atoms with Gasteiger partial charge in [-0.05, 0) is 50.6 Å². The molecule has 0 spiro atoms. The summed E-state index contributed by atoms with van der Waals surface area (Å²) < 4.78 is 0. The van der Waals surface area contributed by atoms with E-state index in [1.165, 1.54) is 22.2 Å². The van der Waals surface area contributed by atoms with Crippen molar-refractivity contribution in [3.05, 3.63) is 46.1 Å². The summed E-state index contributed by atoms with van der Waals surface area (Å²) in [5.74, 6) is -0.0707. The Morgan fingerprint density at radius 3 is 2.67 bits per heavy atom. The van der Waals surface area contributed by atoms with Gasteiger partial charge in [-0.2, -0.15) is 0 Å². The molecule has 3 rings (SSSR count). The van der Waals surface area contributed by atoms with E-state index in [0.717, 1.165) is 20.9 Å². The number of aryl methyl sites for hydroxylation is 2. The van der Waals surface area contributed by atoms with E-state index in [1.807, 2.05) is 6.92 Å².